The average Bonchev–Trinajstić information content (AvgIpc) is 2.83. The number of benzene rings is 2. The Balaban J connectivity index is 1.93. The largest absolute Gasteiger partial charge is 0.384 e. The molecule has 0 spiro atoms. The van der Waals surface area contributed by atoms with Crippen molar-refractivity contribution in [2.24, 2.45) is 0 Å². The van der Waals surface area contributed by atoms with Gasteiger partial charge in [-0.3, -0.25) is 0 Å². The van der Waals surface area contributed by atoms with Crippen LogP contribution in [0.2, 0.25) is 5.02 Å². The van der Waals surface area contributed by atoms with Crippen LogP contribution in [0.4, 0.5) is 5.82 Å². The fourth-order valence-electron chi connectivity index (χ4n) is 2.29. The zero-order valence-corrected chi connectivity index (χ0v) is 12.5. The maximum Gasteiger partial charge on any atom is 0.122 e. The topological polar surface area (TPSA) is 43.8 Å². The SMILES string of the molecule is Cc1cccc(-c2cc(N)n(Cc3ccccc3Cl)n2)c1. The van der Waals surface area contributed by atoms with E-state index in [0.29, 0.717) is 12.4 Å². The molecule has 0 unspecified atom stereocenters. The van der Waals surface area contributed by atoms with E-state index in [9.17, 15) is 0 Å². The lowest BCUT2D eigenvalue weighted by Gasteiger charge is -2.06. The van der Waals surface area contributed by atoms with Crippen LogP contribution in [0.5, 0.6) is 0 Å². The number of rotatable bonds is 3. The Morgan fingerprint density at radius 3 is 2.67 bits per heavy atom. The Morgan fingerprint density at radius 2 is 1.90 bits per heavy atom. The summed E-state index contributed by atoms with van der Waals surface area (Å²) in [6, 6.07) is 17.8. The van der Waals surface area contributed by atoms with E-state index in [2.05, 4.69) is 24.2 Å². The van der Waals surface area contributed by atoms with Crippen molar-refractivity contribution in [3.63, 3.8) is 0 Å². The van der Waals surface area contributed by atoms with Crippen molar-refractivity contribution in [3.8, 4) is 11.3 Å². The normalized spacial score (nSPS) is 10.8. The summed E-state index contributed by atoms with van der Waals surface area (Å²) in [5.41, 5.74) is 10.2. The summed E-state index contributed by atoms with van der Waals surface area (Å²) in [6.07, 6.45) is 0. The third-order valence-electron chi connectivity index (χ3n) is 3.40. The summed E-state index contributed by atoms with van der Waals surface area (Å²) >= 11 is 6.19. The molecule has 3 rings (SSSR count). The summed E-state index contributed by atoms with van der Waals surface area (Å²) in [4.78, 5) is 0. The highest BCUT2D eigenvalue weighted by molar-refractivity contribution is 6.31. The second-order valence-corrected chi connectivity index (χ2v) is 5.48. The van der Waals surface area contributed by atoms with Crippen LogP contribution < -0.4 is 5.73 Å². The second-order valence-electron chi connectivity index (χ2n) is 5.07. The molecule has 4 heteroatoms. The monoisotopic (exact) mass is 297 g/mol. The number of halogens is 1. The summed E-state index contributed by atoms with van der Waals surface area (Å²) < 4.78 is 1.78. The van der Waals surface area contributed by atoms with Crippen LogP contribution in [0.25, 0.3) is 11.3 Å². The molecule has 3 aromatic rings. The van der Waals surface area contributed by atoms with Crippen molar-refractivity contribution in [2.45, 2.75) is 13.5 Å². The zero-order chi connectivity index (χ0) is 14.8. The van der Waals surface area contributed by atoms with Gasteiger partial charge in [0, 0.05) is 16.7 Å². The Hall–Kier alpha value is -2.26. The molecule has 0 amide bonds. The molecule has 1 heterocycles. The van der Waals surface area contributed by atoms with Gasteiger partial charge in [0.1, 0.15) is 5.82 Å². The van der Waals surface area contributed by atoms with Gasteiger partial charge in [-0.15, -0.1) is 0 Å². The summed E-state index contributed by atoms with van der Waals surface area (Å²) in [7, 11) is 0. The molecule has 1 aromatic heterocycles. The molecule has 106 valence electrons. The summed E-state index contributed by atoms with van der Waals surface area (Å²) in [6.45, 7) is 2.63. The second kappa shape index (κ2) is 5.62. The first-order valence-electron chi connectivity index (χ1n) is 6.77. The molecule has 0 atom stereocenters. The number of nitrogens with two attached hydrogens (primary N) is 1. The Kier molecular flexibility index (Phi) is 3.67. The van der Waals surface area contributed by atoms with E-state index in [0.717, 1.165) is 21.8 Å². The van der Waals surface area contributed by atoms with E-state index in [1.165, 1.54) is 5.56 Å². The lowest BCUT2D eigenvalue weighted by Crippen LogP contribution is -2.06. The smallest absolute Gasteiger partial charge is 0.122 e. The van der Waals surface area contributed by atoms with Crippen LogP contribution in [-0.2, 0) is 6.54 Å². The number of nitrogen functional groups attached to an aromatic ring is 1. The Labute approximate surface area is 129 Å². The van der Waals surface area contributed by atoms with E-state index >= 15 is 0 Å². The highest BCUT2D eigenvalue weighted by Crippen LogP contribution is 2.23. The van der Waals surface area contributed by atoms with Crippen LogP contribution >= 0.6 is 11.6 Å². The Bertz CT molecular complexity index is 777. The number of hydrogen-bond acceptors (Lipinski definition) is 2. The first-order valence-corrected chi connectivity index (χ1v) is 7.15. The average molecular weight is 298 g/mol. The van der Waals surface area contributed by atoms with Crippen molar-refractivity contribution >= 4 is 17.4 Å². The zero-order valence-electron chi connectivity index (χ0n) is 11.8. The number of aryl methyl sites for hydroxylation is 1. The van der Waals surface area contributed by atoms with Gasteiger partial charge in [-0.25, -0.2) is 4.68 Å². The fraction of sp³-hybridized carbons (Fsp3) is 0.118. The minimum absolute atomic E-state index is 0.567. The first-order chi connectivity index (χ1) is 10.1. The highest BCUT2D eigenvalue weighted by atomic mass is 35.5. The van der Waals surface area contributed by atoms with Crippen LogP contribution in [0.1, 0.15) is 11.1 Å². The third kappa shape index (κ3) is 2.93. The number of aromatic nitrogens is 2. The molecule has 0 fully saturated rings. The number of nitrogens with zero attached hydrogens (tertiary/aromatic N) is 2. The van der Waals surface area contributed by atoms with E-state index in [-0.39, 0.29) is 0 Å². The standard InChI is InChI=1S/C17H16ClN3/c1-12-5-4-7-13(9-12)16-10-17(19)21(20-16)11-14-6-2-3-8-15(14)18/h2-10H,11,19H2,1H3. The molecule has 0 aliphatic heterocycles. The van der Waals surface area contributed by atoms with Crippen molar-refractivity contribution in [1.82, 2.24) is 9.78 Å². The maximum atomic E-state index is 6.19. The molecule has 2 N–H and O–H groups in total. The van der Waals surface area contributed by atoms with Crippen molar-refractivity contribution in [1.29, 1.82) is 0 Å². The van der Waals surface area contributed by atoms with Gasteiger partial charge in [0.05, 0.1) is 12.2 Å². The van der Waals surface area contributed by atoms with Gasteiger partial charge in [-0.05, 0) is 24.6 Å². The van der Waals surface area contributed by atoms with Gasteiger partial charge < -0.3 is 5.73 Å². The van der Waals surface area contributed by atoms with Crippen molar-refractivity contribution < 1.29 is 0 Å². The van der Waals surface area contributed by atoms with Gasteiger partial charge in [0.2, 0.25) is 0 Å². The first kappa shape index (κ1) is 13.7. The summed E-state index contributed by atoms with van der Waals surface area (Å²) in [5.74, 6) is 0.631. The maximum absolute atomic E-state index is 6.19. The quantitative estimate of drug-likeness (QED) is 0.789. The van der Waals surface area contributed by atoms with E-state index in [4.69, 9.17) is 17.3 Å². The van der Waals surface area contributed by atoms with Crippen LogP contribution in [0.15, 0.2) is 54.6 Å². The minimum Gasteiger partial charge on any atom is -0.384 e. The molecule has 3 nitrogen and oxygen atoms in total. The molecule has 21 heavy (non-hydrogen) atoms. The predicted molar refractivity (Wildman–Crippen MR) is 87.4 cm³/mol. The molecule has 0 bridgehead atoms. The lowest BCUT2D eigenvalue weighted by molar-refractivity contribution is 0.700. The van der Waals surface area contributed by atoms with Crippen LogP contribution in [0.3, 0.4) is 0 Å². The fourth-order valence-corrected chi connectivity index (χ4v) is 2.49. The molecule has 0 saturated carbocycles. The van der Waals surface area contributed by atoms with Crippen LogP contribution in [0, 0.1) is 6.92 Å². The van der Waals surface area contributed by atoms with Crippen LogP contribution in [-0.4, -0.2) is 9.78 Å². The summed E-state index contributed by atoms with van der Waals surface area (Å²) in [5, 5.41) is 5.32. The minimum atomic E-state index is 0.567. The molecular formula is C17H16ClN3. The lowest BCUT2D eigenvalue weighted by atomic mass is 10.1. The van der Waals surface area contributed by atoms with Gasteiger partial charge in [-0.1, -0.05) is 53.6 Å². The Morgan fingerprint density at radius 1 is 1.10 bits per heavy atom. The van der Waals surface area contributed by atoms with E-state index < -0.39 is 0 Å². The molecular weight excluding hydrogens is 282 g/mol. The highest BCUT2D eigenvalue weighted by Gasteiger charge is 2.09. The van der Waals surface area contributed by atoms with E-state index in [1.807, 2.05) is 42.5 Å². The third-order valence-corrected chi connectivity index (χ3v) is 3.77. The molecule has 0 aliphatic carbocycles. The number of hydrogen-bond donors (Lipinski definition) is 1. The molecule has 0 radical (unpaired) electrons. The van der Waals surface area contributed by atoms with Gasteiger partial charge in [0.15, 0.2) is 0 Å². The van der Waals surface area contributed by atoms with Crippen molar-refractivity contribution in [2.75, 3.05) is 5.73 Å². The molecule has 0 saturated heterocycles. The van der Waals surface area contributed by atoms with Gasteiger partial charge in [-0.2, -0.15) is 5.10 Å². The number of anilines is 1. The molecule has 2 aromatic carbocycles. The molecule has 0 aliphatic rings. The van der Waals surface area contributed by atoms with E-state index in [1.54, 1.807) is 4.68 Å². The van der Waals surface area contributed by atoms with Crippen molar-refractivity contribution in [3.05, 3.63) is 70.7 Å². The predicted octanol–water partition coefficient (Wildman–Crippen LogP) is 4.14. The van der Waals surface area contributed by atoms with Gasteiger partial charge in [0.25, 0.3) is 0 Å². The van der Waals surface area contributed by atoms with Gasteiger partial charge >= 0.3 is 0 Å².